The van der Waals surface area contributed by atoms with Gasteiger partial charge in [-0.15, -0.1) is 0 Å². The van der Waals surface area contributed by atoms with Gasteiger partial charge in [0.25, 0.3) is 0 Å². The van der Waals surface area contributed by atoms with Crippen LogP contribution in [0.2, 0.25) is 0 Å². The van der Waals surface area contributed by atoms with E-state index in [-0.39, 0.29) is 6.04 Å². The van der Waals surface area contributed by atoms with Crippen LogP contribution >= 0.6 is 0 Å². The summed E-state index contributed by atoms with van der Waals surface area (Å²) in [7, 11) is 0. The summed E-state index contributed by atoms with van der Waals surface area (Å²) in [5.74, 6) is 1.46. The SMILES string of the molecule is c1ncc(C2c3nc[nH]c3CCN2CC2CNNC2C2CCCCC2)[nH]1. The van der Waals surface area contributed by atoms with Crippen LogP contribution in [0.5, 0.6) is 0 Å². The molecule has 26 heavy (non-hydrogen) atoms. The van der Waals surface area contributed by atoms with Crippen molar-refractivity contribution < 1.29 is 0 Å². The zero-order valence-electron chi connectivity index (χ0n) is 15.2. The van der Waals surface area contributed by atoms with Crippen molar-refractivity contribution in [3.8, 4) is 0 Å². The fraction of sp³-hybridized carbons (Fsp3) is 0.684. The summed E-state index contributed by atoms with van der Waals surface area (Å²) in [5, 5.41) is 0. The second-order valence-electron chi connectivity index (χ2n) is 8.13. The molecule has 0 aromatic carbocycles. The number of fused-ring (bicyclic) bond motifs is 1. The molecule has 4 N–H and O–H groups in total. The number of rotatable bonds is 4. The lowest BCUT2D eigenvalue weighted by Crippen LogP contribution is -2.45. The Labute approximate surface area is 154 Å². The monoisotopic (exact) mass is 355 g/mol. The van der Waals surface area contributed by atoms with E-state index in [1.54, 1.807) is 6.33 Å². The molecule has 0 bridgehead atoms. The molecule has 1 aliphatic carbocycles. The molecule has 1 saturated carbocycles. The quantitative estimate of drug-likeness (QED) is 0.672. The van der Waals surface area contributed by atoms with E-state index in [4.69, 9.17) is 0 Å². The highest BCUT2D eigenvalue weighted by Crippen LogP contribution is 2.35. The number of hydrazine groups is 1. The molecule has 0 radical (unpaired) electrons. The molecular weight excluding hydrogens is 326 g/mol. The third kappa shape index (κ3) is 2.98. The topological polar surface area (TPSA) is 84.7 Å². The van der Waals surface area contributed by atoms with Crippen molar-refractivity contribution in [1.82, 2.24) is 35.7 Å². The average Bonchev–Trinajstić information content (AvgIpc) is 3.44. The van der Waals surface area contributed by atoms with E-state index in [0.29, 0.717) is 12.0 Å². The smallest absolute Gasteiger partial charge is 0.0962 e. The van der Waals surface area contributed by atoms with Gasteiger partial charge in [-0.2, -0.15) is 0 Å². The van der Waals surface area contributed by atoms with Crippen molar-refractivity contribution in [2.45, 2.75) is 50.6 Å². The van der Waals surface area contributed by atoms with Crippen molar-refractivity contribution in [2.24, 2.45) is 11.8 Å². The van der Waals surface area contributed by atoms with E-state index in [1.165, 1.54) is 37.8 Å². The normalized spacial score (nSPS) is 30.5. The van der Waals surface area contributed by atoms with Crippen LogP contribution in [-0.4, -0.2) is 50.5 Å². The molecule has 3 unspecified atom stereocenters. The second kappa shape index (κ2) is 7.13. The Balaban J connectivity index is 1.37. The molecule has 2 aromatic rings. The lowest BCUT2D eigenvalue weighted by molar-refractivity contribution is 0.149. The maximum absolute atomic E-state index is 4.65. The van der Waals surface area contributed by atoms with Crippen molar-refractivity contribution in [3.63, 3.8) is 0 Å². The Morgan fingerprint density at radius 2 is 2.04 bits per heavy atom. The van der Waals surface area contributed by atoms with Gasteiger partial charge in [-0.1, -0.05) is 19.3 Å². The molecule has 2 aromatic heterocycles. The van der Waals surface area contributed by atoms with Crippen molar-refractivity contribution in [1.29, 1.82) is 0 Å². The number of hydrogen-bond acceptors (Lipinski definition) is 5. The van der Waals surface area contributed by atoms with Crippen molar-refractivity contribution >= 4 is 0 Å². The standard InChI is InChI=1S/C19H29N7/c1-2-4-13(5-3-1)17-14(8-24-25-17)10-26-7-6-15-18(23-12-22-15)19(26)16-9-20-11-21-16/h9,11-14,17,19,24-25H,1-8,10H2,(H,20,21)(H,22,23). The summed E-state index contributed by atoms with van der Waals surface area (Å²) < 4.78 is 0. The third-order valence-electron chi connectivity index (χ3n) is 6.61. The zero-order chi connectivity index (χ0) is 17.3. The van der Waals surface area contributed by atoms with Gasteiger partial charge in [0.05, 0.1) is 30.1 Å². The molecule has 0 amide bonds. The van der Waals surface area contributed by atoms with E-state index < -0.39 is 0 Å². The molecular formula is C19H29N7. The molecule has 2 aliphatic heterocycles. The first-order chi connectivity index (χ1) is 12.9. The lowest BCUT2D eigenvalue weighted by Gasteiger charge is -2.38. The first kappa shape index (κ1) is 16.5. The first-order valence-corrected chi connectivity index (χ1v) is 10.1. The Morgan fingerprint density at radius 1 is 1.12 bits per heavy atom. The molecule has 140 valence electrons. The second-order valence-corrected chi connectivity index (χ2v) is 8.13. The van der Waals surface area contributed by atoms with Gasteiger partial charge in [0, 0.05) is 49.9 Å². The summed E-state index contributed by atoms with van der Waals surface area (Å²) in [6, 6.07) is 0.776. The van der Waals surface area contributed by atoms with Crippen LogP contribution < -0.4 is 10.9 Å². The molecule has 1 saturated heterocycles. The predicted octanol–water partition coefficient (Wildman–Crippen LogP) is 1.75. The fourth-order valence-corrected chi connectivity index (χ4v) is 5.31. The van der Waals surface area contributed by atoms with E-state index in [1.807, 2.05) is 12.5 Å². The van der Waals surface area contributed by atoms with E-state index in [9.17, 15) is 0 Å². The molecule has 0 spiro atoms. The van der Waals surface area contributed by atoms with Crippen LogP contribution in [0, 0.1) is 11.8 Å². The highest BCUT2D eigenvalue weighted by Gasteiger charge is 2.39. The summed E-state index contributed by atoms with van der Waals surface area (Å²) >= 11 is 0. The zero-order valence-corrected chi connectivity index (χ0v) is 15.2. The van der Waals surface area contributed by atoms with Gasteiger partial charge in [-0.3, -0.25) is 15.8 Å². The van der Waals surface area contributed by atoms with Gasteiger partial charge in [-0.05, 0) is 18.8 Å². The van der Waals surface area contributed by atoms with Crippen LogP contribution in [0.4, 0.5) is 0 Å². The lowest BCUT2D eigenvalue weighted by atomic mass is 9.79. The Morgan fingerprint density at radius 3 is 2.88 bits per heavy atom. The van der Waals surface area contributed by atoms with Crippen LogP contribution in [0.15, 0.2) is 18.9 Å². The highest BCUT2D eigenvalue weighted by molar-refractivity contribution is 5.27. The molecule has 2 fully saturated rings. The van der Waals surface area contributed by atoms with Gasteiger partial charge >= 0.3 is 0 Å². The average molecular weight is 355 g/mol. The number of H-pyrrole nitrogens is 2. The molecule has 3 aliphatic rings. The summed E-state index contributed by atoms with van der Waals surface area (Å²) in [5.41, 5.74) is 10.6. The molecule has 7 nitrogen and oxygen atoms in total. The summed E-state index contributed by atoms with van der Waals surface area (Å²) in [6.07, 6.45) is 13.6. The maximum Gasteiger partial charge on any atom is 0.0962 e. The van der Waals surface area contributed by atoms with Crippen LogP contribution in [-0.2, 0) is 6.42 Å². The van der Waals surface area contributed by atoms with Gasteiger partial charge < -0.3 is 9.97 Å². The maximum atomic E-state index is 4.65. The Bertz CT molecular complexity index is 703. The van der Waals surface area contributed by atoms with Crippen molar-refractivity contribution in [3.05, 3.63) is 35.9 Å². The molecule has 4 heterocycles. The van der Waals surface area contributed by atoms with Crippen LogP contribution in [0.25, 0.3) is 0 Å². The van der Waals surface area contributed by atoms with Gasteiger partial charge in [-0.25, -0.2) is 9.97 Å². The van der Waals surface area contributed by atoms with E-state index >= 15 is 0 Å². The number of nitrogens with one attached hydrogen (secondary N) is 4. The Kier molecular flexibility index (Phi) is 4.52. The predicted molar refractivity (Wildman–Crippen MR) is 99.3 cm³/mol. The minimum absolute atomic E-state index is 0.181. The minimum Gasteiger partial charge on any atom is -0.348 e. The number of aromatic nitrogens is 4. The number of imidazole rings is 2. The largest absolute Gasteiger partial charge is 0.348 e. The minimum atomic E-state index is 0.181. The van der Waals surface area contributed by atoms with Crippen molar-refractivity contribution in [2.75, 3.05) is 19.6 Å². The number of hydrogen-bond donors (Lipinski definition) is 4. The van der Waals surface area contributed by atoms with Crippen LogP contribution in [0.1, 0.15) is 55.2 Å². The van der Waals surface area contributed by atoms with Gasteiger partial charge in [0.1, 0.15) is 0 Å². The van der Waals surface area contributed by atoms with Gasteiger partial charge in [0.2, 0.25) is 0 Å². The summed E-state index contributed by atoms with van der Waals surface area (Å²) in [6.45, 7) is 3.21. The van der Waals surface area contributed by atoms with Gasteiger partial charge in [0.15, 0.2) is 0 Å². The Hall–Kier alpha value is -1.70. The van der Waals surface area contributed by atoms with Crippen LogP contribution in [0.3, 0.4) is 0 Å². The van der Waals surface area contributed by atoms with E-state index in [0.717, 1.165) is 43.4 Å². The number of nitrogens with zero attached hydrogens (tertiary/aromatic N) is 3. The molecule has 5 rings (SSSR count). The molecule has 7 heteroatoms. The number of aromatic amines is 2. The van der Waals surface area contributed by atoms with E-state index in [2.05, 4.69) is 35.7 Å². The fourth-order valence-electron chi connectivity index (χ4n) is 5.31. The highest BCUT2D eigenvalue weighted by atomic mass is 15.4. The first-order valence-electron chi connectivity index (χ1n) is 10.1. The third-order valence-corrected chi connectivity index (χ3v) is 6.61. The molecule has 3 atom stereocenters. The summed E-state index contributed by atoms with van der Waals surface area (Å²) in [4.78, 5) is 18.2.